The van der Waals surface area contributed by atoms with E-state index in [1.54, 1.807) is 0 Å². The van der Waals surface area contributed by atoms with Gasteiger partial charge in [0.15, 0.2) is 0 Å². The molecule has 3 unspecified atom stereocenters. The molecule has 0 amide bonds. The molecule has 1 N–H and O–H groups in total. The number of hydrogen-bond acceptors (Lipinski definition) is 2. The van der Waals surface area contributed by atoms with Gasteiger partial charge >= 0.3 is 35.6 Å². The predicted molar refractivity (Wildman–Crippen MR) is 128 cm³/mol. The van der Waals surface area contributed by atoms with Gasteiger partial charge in [-0.05, 0) is 85.1 Å². The van der Waals surface area contributed by atoms with E-state index in [2.05, 4.69) is 17.1 Å². The van der Waals surface area contributed by atoms with Crippen molar-refractivity contribution in [2.45, 2.75) is 69.6 Å². The Hall–Kier alpha value is -0.796. The zero-order valence-electron chi connectivity index (χ0n) is 17.9. The summed E-state index contributed by atoms with van der Waals surface area (Å²) in [5.41, 5.74) is 4.49. The third kappa shape index (κ3) is 5.77. The van der Waals surface area contributed by atoms with Crippen LogP contribution in [-0.2, 0) is 17.0 Å². The van der Waals surface area contributed by atoms with Gasteiger partial charge in [0.2, 0.25) is 0 Å². The van der Waals surface area contributed by atoms with Crippen LogP contribution in [0, 0.1) is 11.8 Å². The second-order valence-electron chi connectivity index (χ2n) is 9.33. The molecular weight excluding hydrogens is 461 g/mol. The number of benzene rings is 2. The fourth-order valence-corrected chi connectivity index (χ4v) is 6.04. The number of phenols is 1. The molecule has 31 heavy (non-hydrogen) atoms. The van der Waals surface area contributed by atoms with E-state index in [9.17, 15) is 5.11 Å². The quantitative estimate of drug-likeness (QED) is 0.337. The van der Waals surface area contributed by atoms with Crippen molar-refractivity contribution in [1.29, 1.82) is 0 Å². The van der Waals surface area contributed by atoms with Crippen LogP contribution in [0.5, 0.6) is 5.75 Å². The van der Waals surface area contributed by atoms with Gasteiger partial charge in [0, 0.05) is 11.8 Å². The van der Waals surface area contributed by atoms with Crippen LogP contribution in [0.3, 0.4) is 0 Å². The second kappa shape index (κ2) is 11.4. The first-order valence-corrected chi connectivity index (χ1v) is 15.9. The van der Waals surface area contributed by atoms with Gasteiger partial charge in [0.1, 0.15) is 5.75 Å². The Morgan fingerprint density at radius 1 is 0.935 bits per heavy atom. The van der Waals surface area contributed by atoms with Gasteiger partial charge in [0.05, 0.1) is 5.69 Å². The number of rotatable bonds is 4. The Balaban J connectivity index is 0.000000730. The molecule has 2 nitrogen and oxygen atoms in total. The first kappa shape index (κ1) is 23.4. The van der Waals surface area contributed by atoms with E-state index in [0.29, 0.717) is 17.6 Å². The topological polar surface area (TPSA) is 32.6 Å². The number of phenolic OH excluding ortho intramolecular Hbond substituents is 1. The Morgan fingerprint density at radius 3 is 2.32 bits per heavy atom. The summed E-state index contributed by atoms with van der Waals surface area (Å²) >= 11 is -0.556. The molecule has 0 spiro atoms. The molecule has 2 bridgehead atoms. The first-order valence-electron chi connectivity index (χ1n) is 11.6. The summed E-state index contributed by atoms with van der Waals surface area (Å²) < 4.78 is 0. The Kier molecular flexibility index (Phi) is 8.57. The van der Waals surface area contributed by atoms with Crippen LogP contribution >= 0.6 is 18.6 Å². The molecule has 2 aromatic rings. The number of aliphatic imine (C=N–C) groups is 1. The van der Waals surface area contributed by atoms with Gasteiger partial charge in [-0.3, -0.25) is 4.99 Å². The number of nitrogens with zero attached hydrogens (tertiary/aromatic N) is 1. The van der Waals surface area contributed by atoms with E-state index in [4.69, 9.17) is 18.6 Å². The van der Waals surface area contributed by atoms with Crippen molar-refractivity contribution in [3.8, 4) is 5.75 Å². The van der Waals surface area contributed by atoms with Gasteiger partial charge in [-0.25, -0.2) is 0 Å². The Labute approximate surface area is 203 Å². The van der Waals surface area contributed by atoms with Gasteiger partial charge in [-0.15, -0.1) is 0 Å². The number of aromatic hydroxyl groups is 1. The van der Waals surface area contributed by atoms with E-state index in [0.717, 1.165) is 23.1 Å². The fraction of sp³-hybridized carbons (Fsp3) is 0.500. The molecule has 5 rings (SSSR count). The Morgan fingerprint density at radius 2 is 1.68 bits per heavy atom. The van der Waals surface area contributed by atoms with Crippen molar-refractivity contribution in [2.24, 2.45) is 16.8 Å². The minimum atomic E-state index is -0.556. The summed E-state index contributed by atoms with van der Waals surface area (Å²) in [4.78, 5) is 4.65. The van der Waals surface area contributed by atoms with E-state index in [-0.39, 0.29) is 0 Å². The predicted octanol–water partition coefficient (Wildman–Crippen LogP) is 8.47. The molecule has 5 heteroatoms. The molecule has 0 radical (unpaired) electrons. The zero-order valence-corrected chi connectivity index (χ0v) is 21.0. The number of hydrogen-bond donors (Lipinski definition) is 1. The third-order valence-corrected chi connectivity index (χ3v) is 7.51. The van der Waals surface area contributed by atoms with Gasteiger partial charge in [-0.1, -0.05) is 49.9 Å². The third-order valence-electron chi connectivity index (χ3n) is 7.51. The molecular formula is C26H31Cl2NOTi. The second-order valence-corrected chi connectivity index (χ2v) is 11.9. The molecule has 0 heterocycles. The normalized spacial score (nSPS) is 25.4. The van der Waals surface area contributed by atoms with E-state index in [1.807, 2.05) is 36.5 Å². The fourth-order valence-electron chi connectivity index (χ4n) is 6.04. The number of halogens is 2. The molecule has 3 aliphatic rings. The molecule has 3 aliphatic carbocycles. The van der Waals surface area contributed by atoms with Crippen LogP contribution in [0.15, 0.2) is 47.5 Å². The van der Waals surface area contributed by atoms with Crippen LogP contribution in [0.1, 0.15) is 86.3 Å². The summed E-state index contributed by atoms with van der Waals surface area (Å²) in [6.07, 6.45) is 13.9. The van der Waals surface area contributed by atoms with Crippen molar-refractivity contribution >= 4 is 30.5 Å². The molecule has 164 valence electrons. The SMILES string of the molecule is Oc1c(C=Nc2ccccc2)cc(C2CCCCC2)cc1C1CC2CCC1C2.[Cl][Ti][Cl]. The summed E-state index contributed by atoms with van der Waals surface area (Å²) in [7, 11) is 9.78. The van der Waals surface area contributed by atoms with Crippen LogP contribution in [0.25, 0.3) is 0 Å². The van der Waals surface area contributed by atoms with Crippen LogP contribution < -0.4 is 0 Å². The monoisotopic (exact) mass is 491 g/mol. The molecule has 0 aliphatic heterocycles. The molecule has 0 aromatic heterocycles. The number of para-hydroxylation sites is 1. The molecule has 3 atom stereocenters. The number of fused-ring (bicyclic) bond motifs is 2. The minimum absolute atomic E-state index is 0.483. The molecule has 0 saturated heterocycles. The molecule has 3 fully saturated rings. The summed E-state index contributed by atoms with van der Waals surface area (Å²) in [6, 6.07) is 14.6. The summed E-state index contributed by atoms with van der Waals surface area (Å²) in [5, 5.41) is 11.2. The zero-order chi connectivity index (χ0) is 21.6. The van der Waals surface area contributed by atoms with Gasteiger partial charge < -0.3 is 5.11 Å². The average molecular weight is 492 g/mol. The maximum absolute atomic E-state index is 11.2. The van der Waals surface area contributed by atoms with Crippen LogP contribution in [-0.4, -0.2) is 11.3 Å². The van der Waals surface area contributed by atoms with Crippen LogP contribution in [0.4, 0.5) is 5.69 Å². The van der Waals surface area contributed by atoms with E-state index >= 15 is 0 Å². The van der Waals surface area contributed by atoms with Crippen molar-refractivity contribution < 1.29 is 22.1 Å². The Bertz CT molecular complexity index is 882. The van der Waals surface area contributed by atoms with Crippen molar-refractivity contribution in [1.82, 2.24) is 0 Å². The first-order chi connectivity index (χ1) is 15.2. The van der Waals surface area contributed by atoms with Crippen molar-refractivity contribution in [2.75, 3.05) is 0 Å². The average Bonchev–Trinajstić information content (AvgIpc) is 3.44. The van der Waals surface area contributed by atoms with E-state index < -0.39 is 17.0 Å². The summed E-state index contributed by atoms with van der Waals surface area (Å²) in [6.45, 7) is 0. The van der Waals surface area contributed by atoms with Crippen molar-refractivity contribution in [3.63, 3.8) is 0 Å². The van der Waals surface area contributed by atoms with Crippen LogP contribution in [0.2, 0.25) is 0 Å². The molecule has 2 aromatic carbocycles. The summed E-state index contributed by atoms with van der Waals surface area (Å²) in [5.74, 6) is 3.34. The standard InChI is InChI=1S/C26H31NO.2ClH.Ti/c28-26-22(17-27-23-9-5-2-6-10-23)15-21(19-7-3-1-4-8-19)16-25(26)24-14-18-11-12-20(24)13-18;;;/h2,5-6,9-10,15-20,24,28H,1,3-4,7-8,11-14H2;2*1H;/q;;;+2/p-2. The van der Waals surface area contributed by atoms with Gasteiger partial charge in [0.25, 0.3) is 0 Å². The molecule has 3 saturated carbocycles. The van der Waals surface area contributed by atoms with Crippen molar-refractivity contribution in [3.05, 3.63) is 59.2 Å². The van der Waals surface area contributed by atoms with Gasteiger partial charge in [-0.2, -0.15) is 0 Å². The maximum atomic E-state index is 11.2. The van der Waals surface area contributed by atoms with E-state index in [1.165, 1.54) is 68.9 Å².